The van der Waals surface area contributed by atoms with Crippen LogP contribution in [0, 0.1) is 6.92 Å². The fourth-order valence-corrected chi connectivity index (χ4v) is 2.79. The summed E-state index contributed by atoms with van der Waals surface area (Å²) in [4.78, 5) is 19.3. The predicted octanol–water partition coefficient (Wildman–Crippen LogP) is 2.31. The molecular weight excluding hydrogens is 274 g/mol. The molecule has 0 aliphatic carbocycles. The van der Waals surface area contributed by atoms with Crippen molar-refractivity contribution < 1.29 is 9.53 Å². The van der Waals surface area contributed by atoms with E-state index in [1.165, 1.54) is 7.11 Å². The number of carbonyl (C=O) groups excluding carboxylic acids is 1. The first-order chi connectivity index (χ1) is 9.52. The number of para-hydroxylation sites is 1. The Kier molecular flexibility index (Phi) is 4.24. The van der Waals surface area contributed by atoms with Gasteiger partial charge in [0, 0.05) is 18.1 Å². The molecule has 0 bridgehead atoms. The van der Waals surface area contributed by atoms with E-state index < -0.39 is 0 Å². The molecule has 1 aromatic carbocycles. The van der Waals surface area contributed by atoms with Crippen LogP contribution in [-0.2, 0) is 6.54 Å². The molecule has 1 amide bonds. The number of nitrogen functional groups attached to an aromatic ring is 1. The third-order valence-corrected chi connectivity index (χ3v) is 3.79. The van der Waals surface area contributed by atoms with E-state index in [0.717, 1.165) is 9.88 Å². The van der Waals surface area contributed by atoms with Gasteiger partial charge < -0.3 is 15.4 Å². The molecule has 0 spiro atoms. The highest BCUT2D eigenvalue weighted by molar-refractivity contribution is 7.11. The second-order valence-electron chi connectivity index (χ2n) is 4.43. The van der Waals surface area contributed by atoms with Crippen molar-refractivity contribution in [3.63, 3.8) is 0 Å². The van der Waals surface area contributed by atoms with Crippen LogP contribution in [0.4, 0.5) is 5.69 Å². The summed E-state index contributed by atoms with van der Waals surface area (Å²) in [5.41, 5.74) is 6.75. The number of hydrogen-bond donors (Lipinski definition) is 1. The smallest absolute Gasteiger partial charge is 0.257 e. The number of carbonyl (C=O) groups is 1. The molecule has 20 heavy (non-hydrogen) atoms. The summed E-state index contributed by atoms with van der Waals surface area (Å²) in [5.74, 6) is 0.296. The molecule has 106 valence electrons. The van der Waals surface area contributed by atoms with Gasteiger partial charge in [0.1, 0.15) is 0 Å². The van der Waals surface area contributed by atoms with E-state index in [9.17, 15) is 4.79 Å². The molecule has 6 heteroatoms. The van der Waals surface area contributed by atoms with Crippen LogP contribution in [0.5, 0.6) is 5.75 Å². The molecule has 5 nitrogen and oxygen atoms in total. The minimum atomic E-state index is -0.125. The van der Waals surface area contributed by atoms with E-state index >= 15 is 0 Å². The van der Waals surface area contributed by atoms with Gasteiger partial charge in [0.05, 0.1) is 29.9 Å². The lowest BCUT2D eigenvalue weighted by Gasteiger charge is -2.18. The van der Waals surface area contributed by atoms with Crippen molar-refractivity contribution in [2.24, 2.45) is 0 Å². The number of nitrogens with zero attached hydrogens (tertiary/aromatic N) is 2. The van der Waals surface area contributed by atoms with E-state index in [-0.39, 0.29) is 5.91 Å². The second kappa shape index (κ2) is 5.92. The number of rotatable bonds is 4. The highest BCUT2D eigenvalue weighted by Crippen LogP contribution is 2.27. The Morgan fingerprint density at radius 1 is 1.50 bits per heavy atom. The van der Waals surface area contributed by atoms with Gasteiger partial charge in [-0.1, -0.05) is 6.07 Å². The number of hydrogen-bond acceptors (Lipinski definition) is 5. The Hall–Kier alpha value is -2.08. The Morgan fingerprint density at radius 2 is 2.25 bits per heavy atom. The number of aromatic nitrogens is 1. The second-order valence-corrected chi connectivity index (χ2v) is 5.75. The molecule has 2 aromatic rings. The monoisotopic (exact) mass is 291 g/mol. The third-order valence-electron chi connectivity index (χ3n) is 2.89. The van der Waals surface area contributed by atoms with E-state index in [0.29, 0.717) is 23.5 Å². The molecule has 1 aromatic heterocycles. The van der Waals surface area contributed by atoms with Crippen molar-refractivity contribution in [3.8, 4) is 5.75 Å². The SMILES string of the molecule is COc1c(N)cccc1C(=O)N(C)Cc1cnc(C)s1. The number of methoxy groups -OCH3 is 1. The molecule has 0 atom stereocenters. The Labute approximate surface area is 122 Å². The summed E-state index contributed by atoms with van der Waals surface area (Å²) < 4.78 is 5.22. The highest BCUT2D eigenvalue weighted by Gasteiger charge is 2.18. The average Bonchev–Trinajstić information content (AvgIpc) is 2.82. The lowest BCUT2D eigenvalue weighted by Crippen LogP contribution is -2.26. The van der Waals surface area contributed by atoms with Gasteiger partial charge in [-0.2, -0.15) is 0 Å². The zero-order valence-electron chi connectivity index (χ0n) is 11.7. The summed E-state index contributed by atoms with van der Waals surface area (Å²) in [6.07, 6.45) is 1.79. The Bertz CT molecular complexity index is 625. The Balaban J connectivity index is 2.20. The minimum absolute atomic E-state index is 0.125. The molecule has 0 saturated carbocycles. The van der Waals surface area contributed by atoms with E-state index in [4.69, 9.17) is 10.5 Å². The van der Waals surface area contributed by atoms with Crippen LogP contribution in [0.1, 0.15) is 20.2 Å². The molecular formula is C14H17N3O2S. The first-order valence-corrected chi connectivity index (χ1v) is 6.94. The normalized spacial score (nSPS) is 10.3. The first-order valence-electron chi connectivity index (χ1n) is 6.12. The highest BCUT2D eigenvalue weighted by atomic mass is 32.1. The molecule has 0 fully saturated rings. The van der Waals surface area contributed by atoms with Crippen LogP contribution in [0.3, 0.4) is 0 Å². The van der Waals surface area contributed by atoms with Gasteiger partial charge in [-0.15, -0.1) is 11.3 Å². The van der Waals surface area contributed by atoms with Gasteiger partial charge in [-0.05, 0) is 19.1 Å². The summed E-state index contributed by atoms with van der Waals surface area (Å²) in [6.45, 7) is 2.46. The standard InChI is InChI=1S/C14H17N3O2S/c1-9-16-7-10(20-9)8-17(2)14(18)11-5-4-6-12(15)13(11)19-3/h4-7H,8,15H2,1-3H3. The lowest BCUT2D eigenvalue weighted by atomic mass is 10.1. The predicted molar refractivity (Wildman–Crippen MR) is 80.1 cm³/mol. The maximum atomic E-state index is 12.5. The molecule has 2 N–H and O–H groups in total. The molecule has 0 saturated heterocycles. The van der Waals surface area contributed by atoms with Gasteiger partial charge in [0.25, 0.3) is 5.91 Å². The van der Waals surface area contributed by atoms with Crippen LogP contribution in [0.15, 0.2) is 24.4 Å². The van der Waals surface area contributed by atoms with Gasteiger partial charge >= 0.3 is 0 Å². The third kappa shape index (κ3) is 2.91. The van der Waals surface area contributed by atoms with Crippen molar-refractivity contribution in [1.29, 1.82) is 0 Å². The van der Waals surface area contributed by atoms with E-state index in [1.807, 2.05) is 6.92 Å². The molecule has 0 aliphatic rings. The molecule has 2 rings (SSSR count). The largest absolute Gasteiger partial charge is 0.494 e. The molecule has 0 unspecified atom stereocenters. The average molecular weight is 291 g/mol. The summed E-state index contributed by atoms with van der Waals surface area (Å²) in [7, 11) is 3.26. The zero-order chi connectivity index (χ0) is 14.7. The van der Waals surface area contributed by atoms with Gasteiger partial charge in [-0.25, -0.2) is 4.98 Å². The minimum Gasteiger partial charge on any atom is -0.494 e. The first kappa shape index (κ1) is 14.3. The summed E-state index contributed by atoms with van der Waals surface area (Å²) in [6, 6.07) is 5.17. The maximum Gasteiger partial charge on any atom is 0.257 e. The Morgan fingerprint density at radius 3 is 2.85 bits per heavy atom. The van der Waals surface area contributed by atoms with Crippen molar-refractivity contribution in [3.05, 3.63) is 39.8 Å². The van der Waals surface area contributed by atoms with Gasteiger partial charge in [0.2, 0.25) is 0 Å². The van der Waals surface area contributed by atoms with Crippen LogP contribution in [-0.4, -0.2) is 29.9 Å². The van der Waals surface area contributed by atoms with Crippen molar-refractivity contribution in [2.75, 3.05) is 19.9 Å². The quantitative estimate of drug-likeness (QED) is 0.878. The van der Waals surface area contributed by atoms with Crippen LogP contribution in [0.2, 0.25) is 0 Å². The van der Waals surface area contributed by atoms with Crippen molar-refractivity contribution >= 4 is 22.9 Å². The fraction of sp³-hybridized carbons (Fsp3) is 0.286. The van der Waals surface area contributed by atoms with Gasteiger partial charge in [0.15, 0.2) is 5.75 Å². The van der Waals surface area contributed by atoms with Crippen molar-refractivity contribution in [2.45, 2.75) is 13.5 Å². The maximum absolute atomic E-state index is 12.5. The lowest BCUT2D eigenvalue weighted by molar-refractivity contribution is 0.0783. The van der Waals surface area contributed by atoms with E-state index in [1.54, 1.807) is 47.7 Å². The van der Waals surface area contributed by atoms with Crippen LogP contribution in [0.25, 0.3) is 0 Å². The fourth-order valence-electron chi connectivity index (χ4n) is 1.94. The number of amides is 1. The number of anilines is 1. The van der Waals surface area contributed by atoms with Crippen LogP contribution >= 0.6 is 11.3 Å². The summed E-state index contributed by atoms with van der Waals surface area (Å²) >= 11 is 1.58. The number of thiazole rings is 1. The number of benzene rings is 1. The number of aryl methyl sites for hydroxylation is 1. The van der Waals surface area contributed by atoms with Crippen LogP contribution < -0.4 is 10.5 Å². The topological polar surface area (TPSA) is 68.5 Å². The number of nitrogens with two attached hydrogens (primary N) is 1. The van der Waals surface area contributed by atoms with Gasteiger partial charge in [-0.3, -0.25) is 4.79 Å². The van der Waals surface area contributed by atoms with E-state index in [2.05, 4.69) is 4.98 Å². The zero-order valence-corrected chi connectivity index (χ0v) is 12.5. The van der Waals surface area contributed by atoms with Crippen molar-refractivity contribution in [1.82, 2.24) is 9.88 Å². The summed E-state index contributed by atoms with van der Waals surface area (Å²) in [5, 5.41) is 0.988. The molecule has 0 radical (unpaired) electrons. The molecule has 1 heterocycles. The number of ether oxygens (including phenoxy) is 1. The molecule has 0 aliphatic heterocycles.